The first-order valence-electron chi connectivity index (χ1n) is 9.71. The molecule has 2 fully saturated rings. The minimum Gasteiger partial charge on any atom is -0.465 e. The van der Waals surface area contributed by atoms with Gasteiger partial charge in [0.15, 0.2) is 0 Å². The maximum atomic E-state index is 13.2. The number of ether oxygens (including phenoxy) is 1. The second-order valence-electron chi connectivity index (χ2n) is 7.62. The van der Waals surface area contributed by atoms with Gasteiger partial charge in [-0.25, -0.2) is 0 Å². The van der Waals surface area contributed by atoms with E-state index in [0.29, 0.717) is 30.7 Å². The summed E-state index contributed by atoms with van der Waals surface area (Å²) in [6.07, 6.45) is 4.38. The molecule has 0 radical (unpaired) electrons. The number of nitrogens with one attached hydrogen (secondary N) is 1. The van der Waals surface area contributed by atoms with Crippen LogP contribution in [-0.4, -0.2) is 40.5 Å². The van der Waals surface area contributed by atoms with Gasteiger partial charge in [-0.2, -0.15) is 5.26 Å². The van der Waals surface area contributed by atoms with Crippen molar-refractivity contribution in [1.82, 2.24) is 9.88 Å². The number of amides is 1. The summed E-state index contributed by atoms with van der Waals surface area (Å²) in [4.78, 5) is 31.1. The van der Waals surface area contributed by atoms with Gasteiger partial charge in [0.05, 0.1) is 17.6 Å². The highest BCUT2D eigenvalue weighted by molar-refractivity contribution is 5.95. The van der Waals surface area contributed by atoms with Crippen molar-refractivity contribution in [3.63, 3.8) is 0 Å². The van der Waals surface area contributed by atoms with E-state index in [1.807, 2.05) is 48.2 Å². The predicted molar refractivity (Wildman–Crippen MR) is 102 cm³/mol. The van der Waals surface area contributed by atoms with Crippen LogP contribution in [0.3, 0.4) is 0 Å². The topological polar surface area (TPSA) is 86.2 Å². The molecule has 3 heterocycles. The van der Waals surface area contributed by atoms with Gasteiger partial charge in [-0.05, 0) is 44.2 Å². The van der Waals surface area contributed by atoms with Crippen molar-refractivity contribution in [2.24, 2.45) is 5.41 Å². The lowest BCUT2D eigenvalue weighted by molar-refractivity contribution is -0.157. The zero-order valence-corrected chi connectivity index (χ0v) is 15.9. The summed E-state index contributed by atoms with van der Waals surface area (Å²) in [6, 6.07) is 13.3. The third-order valence-corrected chi connectivity index (χ3v) is 6.06. The maximum Gasteiger partial charge on any atom is 0.314 e. The zero-order chi connectivity index (χ0) is 19.7. The van der Waals surface area contributed by atoms with E-state index >= 15 is 0 Å². The number of hydrogen-bond donors (Lipinski definition) is 1. The van der Waals surface area contributed by atoms with Crippen molar-refractivity contribution < 1.29 is 14.3 Å². The van der Waals surface area contributed by atoms with Crippen LogP contribution in [0.15, 0.2) is 42.6 Å². The molecule has 0 saturated carbocycles. The molecule has 3 atom stereocenters. The van der Waals surface area contributed by atoms with E-state index in [1.165, 1.54) is 6.20 Å². The molecule has 6 heteroatoms. The summed E-state index contributed by atoms with van der Waals surface area (Å²) in [5.74, 6) is -0.360. The minimum atomic E-state index is -0.722. The fourth-order valence-electron chi connectivity index (χ4n) is 4.93. The summed E-state index contributed by atoms with van der Waals surface area (Å²) < 4.78 is 5.48. The predicted octanol–water partition coefficient (Wildman–Crippen LogP) is 3.06. The second-order valence-corrected chi connectivity index (χ2v) is 7.62. The molecule has 0 spiro atoms. The summed E-state index contributed by atoms with van der Waals surface area (Å²) in [5, 5.41) is 9.04. The van der Waals surface area contributed by atoms with Gasteiger partial charge in [-0.1, -0.05) is 30.3 Å². The van der Waals surface area contributed by atoms with E-state index in [1.54, 1.807) is 6.07 Å². The van der Waals surface area contributed by atoms with Crippen LogP contribution in [-0.2, 0) is 16.0 Å². The van der Waals surface area contributed by atoms with Crippen LogP contribution in [0.2, 0.25) is 0 Å². The van der Waals surface area contributed by atoms with Gasteiger partial charge in [0.2, 0.25) is 0 Å². The van der Waals surface area contributed by atoms with Crippen LogP contribution < -0.4 is 0 Å². The van der Waals surface area contributed by atoms with Gasteiger partial charge in [0.1, 0.15) is 11.8 Å². The fourth-order valence-corrected chi connectivity index (χ4v) is 4.93. The highest BCUT2D eigenvalue weighted by Gasteiger charge is 2.62. The molecular weight excluding hydrogens is 354 g/mol. The molecule has 6 nitrogen and oxygen atoms in total. The Morgan fingerprint density at radius 2 is 2.11 bits per heavy atom. The molecule has 0 unspecified atom stereocenters. The number of H-pyrrole nitrogens is 1. The van der Waals surface area contributed by atoms with Crippen LogP contribution in [0, 0.1) is 16.7 Å². The number of aromatic amines is 1. The highest BCUT2D eigenvalue weighted by atomic mass is 16.5. The third-order valence-electron chi connectivity index (χ3n) is 6.06. The van der Waals surface area contributed by atoms with E-state index in [2.05, 4.69) is 4.98 Å². The molecule has 2 bridgehead atoms. The van der Waals surface area contributed by atoms with Crippen molar-refractivity contribution in [2.75, 3.05) is 6.61 Å². The van der Waals surface area contributed by atoms with Gasteiger partial charge in [-0.3, -0.25) is 9.59 Å². The Morgan fingerprint density at radius 3 is 2.79 bits per heavy atom. The molecule has 2 aliphatic rings. The summed E-state index contributed by atoms with van der Waals surface area (Å²) >= 11 is 0. The lowest BCUT2D eigenvalue weighted by atomic mass is 9.70. The van der Waals surface area contributed by atoms with E-state index in [-0.39, 0.29) is 24.0 Å². The number of carbonyl (C=O) groups excluding carboxylic acids is 2. The highest BCUT2D eigenvalue weighted by Crippen LogP contribution is 2.52. The molecule has 1 aromatic heterocycles. The molecule has 1 aromatic carbocycles. The Bertz CT molecular complexity index is 930. The number of esters is 1. The fraction of sp³-hybridized carbons (Fsp3) is 0.409. The zero-order valence-electron chi connectivity index (χ0n) is 15.9. The van der Waals surface area contributed by atoms with Crippen molar-refractivity contribution in [1.29, 1.82) is 5.26 Å². The number of carbonyl (C=O) groups is 2. The standard InChI is InChI=1S/C22H23N3O3/c1-2-28-21(27)22(11-15-6-4-3-5-7-15)12-17-8-9-19(22)25(17)20(26)18-10-16(13-23)14-24-18/h3-7,10,14,17,19,24H,2,8-9,11-12H2,1H3/t17-,19+,22+/m1/s1. The van der Waals surface area contributed by atoms with Crippen molar-refractivity contribution >= 4 is 11.9 Å². The number of aromatic nitrogens is 1. The average molecular weight is 377 g/mol. The van der Waals surface area contributed by atoms with Gasteiger partial charge in [0, 0.05) is 18.3 Å². The summed E-state index contributed by atoms with van der Waals surface area (Å²) in [6.45, 7) is 2.13. The number of benzene rings is 1. The Labute approximate surface area is 164 Å². The Balaban J connectivity index is 1.68. The van der Waals surface area contributed by atoms with Gasteiger partial charge < -0.3 is 14.6 Å². The van der Waals surface area contributed by atoms with Crippen LogP contribution in [0.25, 0.3) is 0 Å². The number of fused-ring (bicyclic) bond motifs is 2. The first kappa shape index (κ1) is 18.3. The van der Waals surface area contributed by atoms with Gasteiger partial charge in [-0.15, -0.1) is 0 Å². The molecule has 2 saturated heterocycles. The molecule has 28 heavy (non-hydrogen) atoms. The third kappa shape index (κ3) is 2.88. The Hall–Kier alpha value is -3.07. The van der Waals surface area contributed by atoms with Crippen LogP contribution >= 0.6 is 0 Å². The Morgan fingerprint density at radius 1 is 1.32 bits per heavy atom. The first-order chi connectivity index (χ1) is 13.6. The smallest absolute Gasteiger partial charge is 0.314 e. The minimum absolute atomic E-state index is 0.0134. The number of nitrogens with zero attached hydrogens (tertiary/aromatic N) is 2. The maximum absolute atomic E-state index is 13.2. The monoisotopic (exact) mass is 377 g/mol. The molecule has 1 N–H and O–H groups in total. The van der Waals surface area contributed by atoms with Crippen LogP contribution in [0.5, 0.6) is 0 Å². The normalized spacial score (nSPS) is 25.5. The average Bonchev–Trinajstić information content (AvgIpc) is 3.42. The van der Waals surface area contributed by atoms with Gasteiger partial charge in [0.25, 0.3) is 5.91 Å². The van der Waals surface area contributed by atoms with Crippen molar-refractivity contribution in [3.8, 4) is 6.07 Å². The summed E-state index contributed by atoms with van der Waals surface area (Å²) in [5.41, 5.74) is 1.17. The quantitative estimate of drug-likeness (QED) is 0.812. The number of rotatable bonds is 5. The largest absolute Gasteiger partial charge is 0.465 e. The molecule has 2 aliphatic heterocycles. The SMILES string of the molecule is CCOC(=O)[C@@]1(Cc2ccccc2)C[C@H]2CC[C@@H]1N2C(=O)c1cc(C#N)c[nH]1. The molecule has 144 valence electrons. The first-order valence-corrected chi connectivity index (χ1v) is 9.71. The molecular formula is C22H23N3O3. The van der Waals surface area contributed by atoms with Crippen LogP contribution in [0.4, 0.5) is 0 Å². The van der Waals surface area contributed by atoms with E-state index in [9.17, 15) is 9.59 Å². The number of hydrogen-bond acceptors (Lipinski definition) is 4. The van der Waals surface area contributed by atoms with E-state index in [4.69, 9.17) is 10.00 Å². The molecule has 0 aliphatic carbocycles. The molecule has 4 rings (SSSR count). The number of nitriles is 1. The summed E-state index contributed by atoms with van der Waals surface area (Å²) in [7, 11) is 0. The lowest BCUT2D eigenvalue weighted by Gasteiger charge is -2.35. The molecule has 1 amide bonds. The van der Waals surface area contributed by atoms with E-state index < -0.39 is 5.41 Å². The second kappa shape index (κ2) is 7.16. The van der Waals surface area contributed by atoms with Crippen LogP contribution in [0.1, 0.15) is 47.8 Å². The lowest BCUT2D eigenvalue weighted by Crippen LogP contribution is -2.47. The van der Waals surface area contributed by atoms with Gasteiger partial charge >= 0.3 is 5.97 Å². The Kier molecular flexibility index (Phi) is 4.68. The van der Waals surface area contributed by atoms with Crippen molar-refractivity contribution in [2.45, 2.75) is 44.7 Å². The van der Waals surface area contributed by atoms with E-state index in [0.717, 1.165) is 18.4 Å². The van der Waals surface area contributed by atoms with Crippen molar-refractivity contribution in [3.05, 3.63) is 59.4 Å². The molecule has 2 aromatic rings.